The molecule has 0 atom stereocenters. The van der Waals surface area contributed by atoms with Gasteiger partial charge in [-0.1, -0.05) is 17.8 Å². The maximum Gasteiger partial charge on any atom is 0.328 e. The third-order valence-electron chi connectivity index (χ3n) is 3.35. The summed E-state index contributed by atoms with van der Waals surface area (Å²) in [5, 5.41) is 3.02. The highest BCUT2D eigenvalue weighted by atomic mass is 32.2. The predicted molar refractivity (Wildman–Crippen MR) is 79.3 cm³/mol. The number of aryl methyl sites for hydroxylation is 1. The highest BCUT2D eigenvalue weighted by Crippen LogP contribution is 2.35. The van der Waals surface area contributed by atoms with E-state index in [1.54, 1.807) is 13.2 Å². The summed E-state index contributed by atoms with van der Waals surface area (Å²) in [6, 6.07) is 2.82. The lowest BCUT2D eigenvalue weighted by atomic mass is 10.1. The smallest absolute Gasteiger partial charge is 0.328 e. The average molecular weight is 322 g/mol. The van der Waals surface area contributed by atoms with Gasteiger partial charge in [-0.15, -0.1) is 0 Å². The molecule has 0 saturated heterocycles. The molecule has 0 spiro atoms. The molecule has 114 valence electrons. The van der Waals surface area contributed by atoms with Crippen LogP contribution >= 0.6 is 11.8 Å². The Kier molecular flexibility index (Phi) is 3.69. The summed E-state index contributed by atoms with van der Waals surface area (Å²) >= 11 is 1.29. The van der Waals surface area contributed by atoms with Crippen molar-refractivity contribution in [3.63, 3.8) is 0 Å². The minimum absolute atomic E-state index is 0.213. The molecule has 1 aromatic heterocycles. The monoisotopic (exact) mass is 322 g/mol. The molecule has 0 unspecified atom stereocenters. The Labute approximate surface area is 129 Å². The maximum atomic E-state index is 14.1. The molecule has 0 radical (unpaired) electrons. The van der Waals surface area contributed by atoms with Crippen LogP contribution in [-0.2, 0) is 6.54 Å². The van der Waals surface area contributed by atoms with Crippen molar-refractivity contribution in [1.82, 2.24) is 15.3 Å². The number of rotatable bonds is 2. The summed E-state index contributed by atoms with van der Waals surface area (Å²) in [4.78, 5) is 21.7. The number of para-hydroxylation sites is 1. The number of urea groups is 1. The first kappa shape index (κ1) is 14.7. The molecule has 2 amide bonds. The van der Waals surface area contributed by atoms with E-state index in [2.05, 4.69) is 15.3 Å². The van der Waals surface area contributed by atoms with Crippen molar-refractivity contribution in [3.05, 3.63) is 41.1 Å². The fourth-order valence-electron chi connectivity index (χ4n) is 2.29. The molecule has 2 aromatic rings. The van der Waals surface area contributed by atoms with Crippen LogP contribution in [0.5, 0.6) is 0 Å². The number of carbonyl (C=O) groups is 1. The first-order valence-corrected chi connectivity index (χ1v) is 7.69. The number of amides is 2. The Hall–Kier alpha value is -2.22. The summed E-state index contributed by atoms with van der Waals surface area (Å²) in [6.07, 6.45) is 1.79. The zero-order chi connectivity index (χ0) is 15.9. The molecule has 0 aliphatic carbocycles. The van der Waals surface area contributed by atoms with Gasteiger partial charge in [0.2, 0.25) is 0 Å². The van der Waals surface area contributed by atoms with Crippen LogP contribution in [0.4, 0.5) is 25.1 Å². The number of hydrogen-bond acceptors (Lipinski definition) is 4. The summed E-state index contributed by atoms with van der Waals surface area (Å²) in [6.45, 7) is 1.99. The van der Waals surface area contributed by atoms with Crippen molar-refractivity contribution in [3.8, 4) is 0 Å². The highest BCUT2D eigenvalue weighted by molar-refractivity contribution is 7.98. The average Bonchev–Trinajstić information content (AvgIpc) is 2.48. The highest BCUT2D eigenvalue weighted by Gasteiger charge is 2.32. The topological polar surface area (TPSA) is 58.1 Å². The fraction of sp³-hybridized carbons (Fsp3) is 0.214. The van der Waals surface area contributed by atoms with E-state index in [1.165, 1.54) is 17.8 Å². The zero-order valence-electron chi connectivity index (χ0n) is 11.9. The lowest BCUT2D eigenvalue weighted by molar-refractivity contribution is 0.246. The number of halogens is 2. The second kappa shape index (κ2) is 5.53. The van der Waals surface area contributed by atoms with E-state index in [4.69, 9.17) is 0 Å². The van der Waals surface area contributed by atoms with Gasteiger partial charge in [-0.25, -0.2) is 28.4 Å². The van der Waals surface area contributed by atoms with Crippen LogP contribution in [0.25, 0.3) is 0 Å². The predicted octanol–water partition coefficient (Wildman–Crippen LogP) is 3.15. The SMILES string of the molecule is CSc1nc(C)c2c(n1)N(c1c(F)cccc1F)C(=O)NC2. The number of nitrogens with zero attached hydrogens (tertiary/aromatic N) is 3. The van der Waals surface area contributed by atoms with Gasteiger partial charge in [0.15, 0.2) is 11.0 Å². The van der Waals surface area contributed by atoms with Gasteiger partial charge in [0.1, 0.15) is 17.3 Å². The summed E-state index contributed by atoms with van der Waals surface area (Å²) < 4.78 is 28.2. The summed E-state index contributed by atoms with van der Waals surface area (Å²) in [7, 11) is 0. The Bertz CT molecular complexity index is 748. The number of fused-ring (bicyclic) bond motifs is 1. The first-order chi connectivity index (χ1) is 10.5. The van der Waals surface area contributed by atoms with Crippen molar-refractivity contribution in [2.24, 2.45) is 0 Å². The van der Waals surface area contributed by atoms with Crippen LogP contribution < -0.4 is 10.2 Å². The molecule has 1 N–H and O–H groups in total. The van der Waals surface area contributed by atoms with E-state index >= 15 is 0 Å². The first-order valence-electron chi connectivity index (χ1n) is 6.46. The lowest BCUT2D eigenvalue weighted by Crippen LogP contribution is -2.43. The van der Waals surface area contributed by atoms with Crippen molar-refractivity contribution >= 4 is 29.3 Å². The Morgan fingerprint density at radius 2 is 1.95 bits per heavy atom. The van der Waals surface area contributed by atoms with Crippen molar-refractivity contribution in [2.45, 2.75) is 18.6 Å². The van der Waals surface area contributed by atoms with Crippen LogP contribution in [-0.4, -0.2) is 22.3 Å². The number of nitrogens with one attached hydrogen (secondary N) is 1. The minimum atomic E-state index is -0.829. The number of aromatic nitrogens is 2. The quantitative estimate of drug-likeness (QED) is 0.682. The van der Waals surface area contributed by atoms with E-state index in [0.29, 0.717) is 16.4 Å². The van der Waals surface area contributed by atoms with Crippen LogP contribution in [0, 0.1) is 18.6 Å². The van der Waals surface area contributed by atoms with E-state index in [9.17, 15) is 13.6 Å². The van der Waals surface area contributed by atoms with Crippen molar-refractivity contribution < 1.29 is 13.6 Å². The van der Waals surface area contributed by atoms with Gasteiger partial charge in [-0.2, -0.15) is 0 Å². The molecule has 1 aliphatic heterocycles. The lowest BCUT2D eigenvalue weighted by Gasteiger charge is -2.30. The molecule has 0 saturated carbocycles. The number of hydrogen-bond donors (Lipinski definition) is 1. The van der Waals surface area contributed by atoms with Gasteiger partial charge < -0.3 is 5.32 Å². The molecule has 22 heavy (non-hydrogen) atoms. The summed E-state index contributed by atoms with van der Waals surface area (Å²) in [5.41, 5.74) is 0.863. The maximum absolute atomic E-state index is 14.1. The molecular formula is C14H12F2N4OS. The standard InChI is InChI=1S/C14H12F2N4OS/c1-7-8-6-17-14(21)20(12(8)19-13(18-7)22-2)11-9(15)4-3-5-10(11)16/h3-5H,6H2,1-2H3,(H,17,21). The number of thioether (sulfide) groups is 1. The summed E-state index contributed by atoms with van der Waals surface area (Å²) in [5.74, 6) is -1.44. The van der Waals surface area contributed by atoms with Crippen LogP contribution in [0.3, 0.4) is 0 Å². The van der Waals surface area contributed by atoms with Crippen LogP contribution in [0.1, 0.15) is 11.3 Å². The van der Waals surface area contributed by atoms with Crippen molar-refractivity contribution in [2.75, 3.05) is 11.2 Å². The van der Waals surface area contributed by atoms with Gasteiger partial charge in [-0.3, -0.25) is 0 Å². The molecule has 3 rings (SSSR count). The Morgan fingerprint density at radius 3 is 2.59 bits per heavy atom. The van der Waals surface area contributed by atoms with Gasteiger partial charge in [0, 0.05) is 11.3 Å². The third-order valence-corrected chi connectivity index (χ3v) is 3.89. The normalized spacial score (nSPS) is 13.8. The van der Waals surface area contributed by atoms with Gasteiger partial charge in [-0.05, 0) is 25.3 Å². The largest absolute Gasteiger partial charge is 0.333 e. The molecule has 1 aromatic carbocycles. The number of carbonyl (C=O) groups excluding carboxylic acids is 1. The molecule has 1 aliphatic rings. The van der Waals surface area contributed by atoms with Gasteiger partial charge in [0.05, 0.1) is 6.54 Å². The van der Waals surface area contributed by atoms with Gasteiger partial charge in [0.25, 0.3) is 0 Å². The fourth-order valence-corrected chi connectivity index (χ4v) is 2.69. The second-order valence-corrected chi connectivity index (χ2v) is 5.44. The third kappa shape index (κ3) is 2.29. The van der Waals surface area contributed by atoms with E-state index in [-0.39, 0.29) is 12.4 Å². The number of anilines is 2. The van der Waals surface area contributed by atoms with Crippen LogP contribution in [0.2, 0.25) is 0 Å². The van der Waals surface area contributed by atoms with Gasteiger partial charge >= 0.3 is 6.03 Å². The molecule has 0 bridgehead atoms. The second-order valence-electron chi connectivity index (χ2n) is 4.66. The molecular weight excluding hydrogens is 310 g/mol. The van der Waals surface area contributed by atoms with Crippen LogP contribution in [0.15, 0.2) is 23.4 Å². The Balaban J connectivity index is 2.26. The Morgan fingerprint density at radius 1 is 1.27 bits per heavy atom. The number of benzene rings is 1. The molecule has 5 nitrogen and oxygen atoms in total. The zero-order valence-corrected chi connectivity index (χ0v) is 12.7. The van der Waals surface area contributed by atoms with E-state index < -0.39 is 23.4 Å². The molecule has 2 heterocycles. The minimum Gasteiger partial charge on any atom is -0.333 e. The van der Waals surface area contributed by atoms with Crippen molar-refractivity contribution in [1.29, 1.82) is 0 Å². The molecule has 8 heteroatoms. The van der Waals surface area contributed by atoms with E-state index in [0.717, 1.165) is 17.0 Å². The molecule has 0 fully saturated rings. The van der Waals surface area contributed by atoms with E-state index in [1.807, 2.05) is 0 Å².